The fraction of sp³-hybridized carbons (Fsp3) is 0.524. The van der Waals surface area contributed by atoms with Crippen molar-refractivity contribution < 1.29 is 19.1 Å². The minimum Gasteiger partial charge on any atom is -0.469 e. The van der Waals surface area contributed by atoms with Crippen molar-refractivity contribution in [2.24, 2.45) is 0 Å². The third kappa shape index (κ3) is 6.30. The SMILES string of the molecule is COC(=O)CCN(CC1CCCO1)C(=O)/C=C/c1ccc(C(C)C)cc1. The van der Waals surface area contributed by atoms with Crippen molar-refractivity contribution in [1.82, 2.24) is 4.90 Å². The first-order valence-electron chi connectivity index (χ1n) is 9.25. The number of carbonyl (C=O) groups excluding carboxylic acids is 2. The molecule has 5 heteroatoms. The van der Waals surface area contributed by atoms with Crippen molar-refractivity contribution in [2.45, 2.75) is 45.1 Å². The van der Waals surface area contributed by atoms with E-state index >= 15 is 0 Å². The summed E-state index contributed by atoms with van der Waals surface area (Å²) in [5, 5.41) is 0. The average Bonchev–Trinajstić information content (AvgIpc) is 3.16. The second kappa shape index (κ2) is 10.1. The van der Waals surface area contributed by atoms with Crippen LogP contribution in [0.1, 0.15) is 50.2 Å². The summed E-state index contributed by atoms with van der Waals surface area (Å²) in [6.07, 6.45) is 5.58. The highest BCUT2D eigenvalue weighted by Crippen LogP contribution is 2.16. The largest absolute Gasteiger partial charge is 0.469 e. The molecule has 2 rings (SSSR count). The van der Waals surface area contributed by atoms with E-state index in [0.29, 0.717) is 19.0 Å². The first-order valence-corrected chi connectivity index (χ1v) is 9.25. The summed E-state index contributed by atoms with van der Waals surface area (Å²) in [4.78, 5) is 25.7. The topological polar surface area (TPSA) is 55.8 Å². The molecule has 1 heterocycles. The number of hydrogen-bond acceptors (Lipinski definition) is 4. The number of nitrogens with zero attached hydrogens (tertiary/aromatic N) is 1. The number of carbonyl (C=O) groups is 2. The van der Waals surface area contributed by atoms with Crippen LogP contribution in [-0.2, 0) is 19.1 Å². The Hall–Kier alpha value is -2.14. The van der Waals surface area contributed by atoms with E-state index in [9.17, 15) is 9.59 Å². The number of rotatable bonds is 8. The molecule has 142 valence electrons. The van der Waals surface area contributed by atoms with E-state index in [1.165, 1.54) is 12.7 Å². The Balaban J connectivity index is 1.99. The van der Waals surface area contributed by atoms with Gasteiger partial charge in [0.15, 0.2) is 0 Å². The number of benzene rings is 1. The van der Waals surface area contributed by atoms with Crippen LogP contribution in [0.15, 0.2) is 30.3 Å². The molecule has 0 spiro atoms. The predicted molar refractivity (Wildman–Crippen MR) is 102 cm³/mol. The zero-order valence-corrected chi connectivity index (χ0v) is 15.9. The van der Waals surface area contributed by atoms with E-state index in [4.69, 9.17) is 4.74 Å². The van der Waals surface area contributed by atoms with Gasteiger partial charge in [0.1, 0.15) is 0 Å². The Morgan fingerprint density at radius 2 is 2.04 bits per heavy atom. The fourth-order valence-electron chi connectivity index (χ4n) is 2.92. The average molecular weight is 359 g/mol. The van der Waals surface area contributed by atoms with Gasteiger partial charge < -0.3 is 14.4 Å². The Morgan fingerprint density at radius 3 is 2.62 bits per heavy atom. The molecular formula is C21H29NO4. The van der Waals surface area contributed by atoms with E-state index in [2.05, 4.69) is 30.7 Å². The molecule has 1 atom stereocenters. The van der Waals surface area contributed by atoms with Crippen LogP contribution in [0.25, 0.3) is 6.08 Å². The zero-order valence-electron chi connectivity index (χ0n) is 15.9. The molecular weight excluding hydrogens is 330 g/mol. The highest BCUT2D eigenvalue weighted by Gasteiger charge is 2.22. The molecule has 1 unspecified atom stereocenters. The van der Waals surface area contributed by atoms with Crippen LogP contribution < -0.4 is 0 Å². The molecule has 1 aromatic carbocycles. The molecule has 0 aromatic heterocycles. The summed E-state index contributed by atoms with van der Waals surface area (Å²) in [5.74, 6) is 0.0515. The molecule has 0 N–H and O–H groups in total. The van der Waals surface area contributed by atoms with Gasteiger partial charge in [0.2, 0.25) is 5.91 Å². The Morgan fingerprint density at radius 1 is 1.31 bits per heavy atom. The second-order valence-corrected chi connectivity index (χ2v) is 6.90. The van der Waals surface area contributed by atoms with Gasteiger partial charge in [0.25, 0.3) is 0 Å². The Labute approximate surface area is 156 Å². The lowest BCUT2D eigenvalue weighted by Gasteiger charge is -2.24. The maximum atomic E-state index is 12.6. The summed E-state index contributed by atoms with van der Waals surface area (Å²) in [6.45, 7) is 5.88. The van der Waals surface area contributed by atoms with Gasteiger partial charge in [0, 0.05) is 25.8 Å². The highest BCUT2D eigenvalue weighted by atomic mass is 16.5. The normalized spacial score (nSPS) is 17.0. The lowest BCUT2D eigenvalue weighted by molar-refractivity contribution is -0.141. The Bertz CT molecular complexity index is 615. The predicted octanol–water partition coefficient (Wildman–Crippen LogP) is 3.39. The van der Waals surface area contributed by atoms with Gasteiger partial charge in [-0.2, -0.15) is 0 Å². The summed E-state index contributed by atoms with van der Waals surface area (Å²) >= 11 is 0. The summed E-state index contributed by atoms with van der Waals surface area (Å²) in [7, 11) is 1.36. The molecule has 26 heavy (non-hydrogen) atoms. The summed E-state index contributed by atoms with van der Waals surface area (Å²) in [5.41, 5.74) is 2.25. The molecule has 1 amide bonds. The molecule has 1 fully saturated rings. The van der Waals surface area contributed by atoms with Gasteiger partial charge >= 0.3 is 5.97 Å². The molecule has 1 aliphatic heterocycles. The minimum absolute atomic E-state index is 0.0512. The molecule has 0 saturated carbocycles. The first-order chi connectivity index (χ1) is 12.5. The Kier molecular flexibility index (Phi) is 7.85. The van der Waals surface area contributed by atoms with Crippen LogP contribution >= 0.6 is 0 Å². The molecule has 0 aliphatic carbocycles. The number of methoxy groups -OCH3 is 1. The van der Waals surface area contributed by atoms with Gasteiger partial charge in [0.05, 0.1) is 19.6 Å². The third-order valence-corrected chi connectivity index (χ3v) is 4.59. The van der Waals surface area contributed by atoms with Gasteiger partial charge in [-0.25, -0.2) is 0 Å². The lowest BCUT2D eigenvalue weighted by Crippen LogP contribution is -2.37. The summed E-state index contributed by atoms with van der Waals surface area (Å²) in [6, 6.07) is 8.18. The van der Waals surface area contributed by atoms with Crippen molar-refractivity contribution in [1.29, 1.82) is 0 Å². The monoisotopic (exact) mass is 359 g/mol. The standard InChI is InChI=1S/C21H29NO4/c1-16(2)18-9-6-17(7-10-18)8-11-20(23)22(13-12-21(24)25-3)15-19-5-4-14-26-19/h6-11,16,19H,4-5,12-15H2,1-3H3/b11-8+. The smallest absolute Gasteiger partial charge is 0.307 e. The zero-order chi connectivity index (χ0) is 18.9. The van der Waals surface area contributed by atoms with Gasteiger partial charge in [-0.1, -0.05) is 38.1 Å². The van der Waals surface area contributed by atoms with Crippen molar-refractivity contribution in [2.75, 3.05) is 26.8 Å². The molecule has 0 bridgehead atoms. The number of ether oxygens (including phenoxy) is 2. The maximum absolute atomic E-state index is 12.6. The van der Waals surface area contributed by atoms with E-state index in [1.807, 2.05) is 18.2 Å². The van der Waals surface area contributed by atoms with Gasteiger partial charge in [-0.05, 0) is 36.0 Å². The van der Waals surface area contributed by atoms with Crippen LogP contribution in [0, 0.1) is 0 Å². The van der Waals surface area contributed by atoms with Crippen LogP contribution in [0.3, 0.4) is 0 Å². The van der Waals surface area contributed by atoms with E-state index < -0.39 is 0 Å². The van der Waals surface area contributed by atoms with Crippen molar-refractivity contribution in [3.8, 4) is 0 Å². The fourth-order valence-corrected chi connectivity index (χ4v) is 2.92. The molecule has 1 aliphatic rings. The number of hydrogen-bond donors (Lipinski definition) is 0. The molecule has 1 aromatic rings. The van der Waals surface area contributed by atoms with E-state index in [0.717, 1.165) is 25.0 Å². The maximum Gasteiger partial charge on any atom is 0.307 e. The van der Waals surface area contributed by atoms with Crippen LogP contribution in [-0.4, -0.2) is 49.7 Å². The van der Waals surface area contributed by atoms with Crippen LogP contribution in [0.5, 0.6) is 0 Å². The van der Waals surface area contributed by atoms with Gasteiger partial charge in [-0.3, -0.25) is 9.59 Å². The minimum atomic E-state index is -0.316. The van der Waals surface area contributed by atoms with Crippen LogP contribution in [0.2, 0.25) is 0 Å². The molecule has 5 nitrogen and oxygen atoms in total. The van der Waals surface area contributed by atoms with Crippen molar-refractivity contribution in [3.63, 3.8) is 0 Å². The quantitative estimate of drug-likeness (QED) is 0.527. The number of esters is 1. The van der Waals surface area contributed by atoms with Crippen molar-refractivity contribution in [3.05, 3.63) is 41.5 Å². The molecule has 1 saturated heterocycles. The number of amides is 1. The van der Waals surface area contributed by atoms with Crippen molar-refractivity contribution >= 4 is 18.0 Å². The lowest BCUT2D eigenvalue weighted by atomic mass is 10.0. The second-order valence-electron chi connectivity index (χ2n) is 6.90. The highest BCUT2D eigenvalue weighted by molar-refractivity contribution is 5.92. The van der Waals surface area contributed by atoms with Crippen LogP contribution in [0.4, 0.5) is 0 Å². The first kappa shape index (κ1) is 20.2. The van der Waals surface area contributed by atoms with Gasteiger partial charge in [-0.15, -0.1) is 0 Å². The summed E-state index contributed by atoms with van der Waals surface area (Å²) < 4.78 is 10.3. The van der Waals surface area contributed by atoms with E-state index in [1.54, 1.807) is 11.0 Å². The van der Waals surface area contributed by atoms with E-state index in [-0.39, 0.29) is 24.4 Å². The third-order valence-electron chi connectivity index (χ3n) is 4.59. The molecule has 0 radical (unpaired) electrons.